The van der Waals surface area contributed by atoms with E-state index in [-0.39, 0.29) is 17.6 Å². The summed E-state index contributed by atoms with van der Waals surface area (Å²) in [6, 6.07) is 6.36. The maximum atomic E-state index is 13.4. The third-order valence-electron chi connectivity index (χ3n) is 7.17. The van der Waals surface area contributed by atoms with Crippen LogP contribution >= 0.6 is 0 Å². The van der Waals surface area contributed by atoms with E-state index in [1.54, 1.807) is 0 Å². The van der Waals surface area contributed by atoms with Crippen molar-refractivity contribution in [3.05, 3.63) is 35.0 Å². The molecule has 6 nitrogen and oxygen atoms in total. The standard InChI is InChI=1S/C24H35N3O3/c1-6-17-18-13-16(2)7-8-19(18)25-21(17)22(28)27-11-9-24(10-12-27)14-20(26(4)5)23(3,29)15-30-24/h7-8,13,20,25,29H,6,9-12,14-15H2,1-5H3/t20-,23-/m0/s1. The van der Waals surface area contributed by atoms with E-state index >= 15 is 0 Å². The number of hydrogen-bond donors (Lipinski definition) is 2. The van der Waals surface area contributed by atoms with Gasteiger partial charge in [0.15, 0.2) is 0 Å². The summed E-state index contributed by atoms with van der Waals surface area (Å²) in [5, 5.41) is 11.9. The maximum absolute atomic E-state index is 13.4. The smallest absolute Gasteiger partial charge is 0.270 e. The fraction of sp³-hybridized carbons (Fsp3) is 0.625. The molecule has 2 fully saturated rings. The van der Waals surface area contributed by atoms with Crippen molar-refractivity contribution in [1.82, 2.24) is 14.8 Å². The number of amides is 1. The monoisotopic (exact) mass is 413 g/mol. The van der Waals surface area contributed by atoms with Crippen LogP contribution in [-0.2, 0) is 11.2 Å². The van der Waals surface area contributed by atoms with E-state index < -0.39 is 5.60 Å². The minimum Gasteiger partial charge on any atom is -0.386 e. The predicted molar refractivity (Wildman–Crippen MR) is 119 cm³/mol. The van der Waals surface area contributed by atoms with Crippen molar-refractivity contribution >= 4 is 16.8 Å². The zero-order valence-corrected chi connectivity index (χ0v) is 18.9. The van der Waals surface area contributed by atoms with Crippen LogP contribution < -0.4 is 0 Å². The highest BCUT2D eigenvalue weighted by molar-refractivity contribution is 6.01. The molecule has 6 heteroatoms. The van der Waals surface area contributed by atoms with Crippen molar-refractivity contribution in [3.63, 3.8) is 0 Å². The first-order chi connectivity index (χ1) is 14.2. The van der Waals surface area contributed by atoms with Crippen molar-refractivity contribution in [2.45, 2.75) is 63.7 Å². The van der Waals surface area contributed by atoms with Gasteiger partial charge < -0.3 is 24.6 Å². The first-order valence-electron chi connectivity index (χ1n) is 11.1. The number of nitrogens with one attached hydrogen (secondary N) is 1. The molecule has 0 aliphatic carbocycles. The maximum Gasteiger partial charge on any atom is 0.270 e. The summed E-state index contributed by atoms with van der Waals surface area (Å²) in [6.45, 7) is 7.74. The normalized spacial score (nSPS) is 26.6. The highest BCUT2D eigenvalue weighted by Crippen LogP contribution is 2.40. The van der Waals surface area contributed by atoms with E-state index in [0.29, 0.717) is 19.7 Å². The quantitative estimate of drug-likeness (QED) is 0.811. The number of aromatic nitrogens is 1. The Morgan fingerprint density at radius 1 is 1.33 bits per heavy atom. The second kappa shape index (κ2) is 7.66. The lowest BCUT2D eigenvalue weighted by Crippen LogP contribution is -2.63. The van der Waals surface area contributed by atoms with Crippen molar-refractivity contribution in [2.24, 2.45) is 0 Å². The van der Waals surface area contributed by atoms with Gasteiger partial charge in [0, 0.05) is 30.0 Å². The number of aromatic amines is 1. The highest BCUT2D eigenvalue weighted by Gasteiger charge is 2.49. The number of piperidine rings is 1. The predicted octanol–water partition coefficient (Wildman–Crippen LogP) is 3.12. The number of rotatable bonds is 3. The Balaban J connectivity index is 1.51. The molecule has 164 valence electrons. The second-order valence-corrected chi connectivity index (χ2v) is 9.69. The third-order valence-corrected chi connectivity index (χ3v) is 7.17. The Morgan fingerprint density at radius 3 is 2.67 bits per heavy atom. The Kier molecular flexibility index (Phi) is 5.45. The number of nitrogens with zero attached hydrogens (tertiary/aromatic N) is 2. The summed E-state index contributed by atoms with van der Waals surface area (Å²) in [5.74, 6) is 0.0857. The van der Waals surface area contributed by atoms with E-state index in [1.807, 2.05) is 25.9 Å². The van der Waals surface area contributed by atoms with E-state index in [0.717, 1.165) is 47.8 Å². The lowest BCUT2D eigenvalue weighted by Gasteiger charge is -2.52. The summed E-state index contributed by atoms with van der Waals surface area (Å²) < 4.78 is 6.22. The molecule has 0 radical (unpaired) electrons. The molecule has 2 atom stereocenters. The van der Waals surface area contributed by atoms with E-state index in [4.69, 9.17) is 4.74 Å². The Labute approximate surface area is 179 Å². The molecule has 1 amide bonds. The number of aliphatic hydroxyl groups is 1. The number of aryl methyl sites for hydroxylation is 2. The lowest BCUT2D eigenvalue weighted by atomic mass is 9.77. The molecule has 0 bridgehead atoms. The number of carbonyl (C=O) groups is 1. The number of hydrogen-bond acceptors (Lipinski definition) is 4. The molecule has 1 aromatic carbocycles. The summed E-state index contributed by atoms with van der Waals surface area (Å²) in [7, 11) is 4.03. The van der Waals surface area contributed by atoms with Crippen LogP contribution in [0.2, 0.25) is 0 Å². The van der Waals surface area contributed by atoms with Gasteiger partial charge in [-0.1, -0.05) is 18.6 Å². The molecule has 2 aliphatic rings. The van der Waals surface area contributed by atoms with Crippen LogP contribution in [0.5, 0.6) is 0 Å². The lowest BCUT2D eigenvalue weighted by molar-refractivity contribution is -0.205. The van der Waals surface area contributed by atoms with Crippen molar-refractivity contribution in [2.75, 3.05) is 33.8 Å². The second-order valence-electron chi connectivity index (χ2n) is 9.69. The molecule has 2 aliphatic heterocycles. The zero-order valence-electron chi connectivity index (χ0n) is 18.9. The number of ether oxygens (including phenoxy) is 1. The largest absolute Gasteiger partial charge is 0.386 e. The zero-order chi connectivity index (χ0) is 21.7. The Morgan fingerprint density at radius 2 is 2.03 bits per heavy atom. The van der Waals surface area contributed by atoms with E-state index in [2.05, 4.69) is 41.9 Å². The average molecular weight is 414 g/mol. The van der Waals surface area contributed by atoms with Gasteiger partial charge in [0.1, 0.15) is 11.3 Å². The molecular formula is C24H35N3O3. The Bertz CT molecular complexity index is 939. The number of benzene rings is 1. The molecule has 30 heavy (non-hydrogen) atoms. The fourth-order valence-corrected chi connectivity index (χ4v) is 5.30. The molecule has 2 aromatic rings. The minimum absolute atomic E-state index is 0.0529. The summed E-state index contributed by atoms with van der Waals surface area (Å²) >= 11 is 0. The Hall–Kier alpha value is -1.89. The summed E-state index contributed by atoms with van der Waals surface area (Å²) in [6.07, 6.45) is 3.23. The minimum atomic E-state index is -0.847. The highest BCUT2D eigenvalue weighted by atomic mass is 16.5. The molecule has 4 rings (SSSR count). The van der Waals surface area contributed by atoms with Gasteiger partial charge >= 0.3 is 0 Å². The van der Waals surface area contributed by atoms with Gasteiger partial charge in [-0.15, -0.1) is 0 Å². The first kappa shape index (κ1) is 21.3. The molecule has 0 saturated carbocycles. The first-order valence-corrected chi connectivity index (χ1v) is 11.1. The van der Waals surface area contributed by atoms with Crippen LogP contribution in [0.15, 0.2) is 18.2 Å². The molecule has 2 N–H and O–H groups in total. The van der Waals surface area contributed by atoms with Gasteiger partial charge in [0.05, 0.1) is 12.2 Å². The van der Waals surface area contributed by atoms with Gasteiger partial charge in [-0.05, 0) is 71.3 Å². The number of likely N-dealkylation sites (N-methyl/N-ethyl adjacent to an activating group) is 1. The molecule has 1 spiro atoms. The average Bonchev–Trinajstić information content (AvgIpc) is 3.07. The number of likely N-dealkylation sites (tertiary alicyclic amines) is 1. The SMILES string of the molecule is CCc1c(C(=O)N2CCC3(CC2)C[C@H](N(C)C)[C@@](C)(O)CO3)[nH]c2ccc(C)cc12. The number of H-pyrrole nitrogens is 1. The van der Waals surface area contributed by atoms with Crippen LogP contribution in [0.4, 0.5) is 0 Å². The molecule has 1 aromatic heterocycles. The van der Waals surface area contributed by atoms with Crippen LogP contribution in [0.3, 0.4) is 0 Å². The van der Waals surface area contributed by atoms with Gasteiger partial charge in [0.2, 0.25) is 0 Å². The summed E-state index contributed by atoms with van der Waals surface area (Å²) in [5.41, 5.74) is 2.97. The van der Waals surface area contributed by atoms with Gasteiger partial charge in [-0.2, -0.15) is 0 Å². The summed E-state index contributed by atoms with van der Waals surface area (Å²) in [4.78, 5) is 20.8. The third kappa shape index (κ3) is 3.66. The fourth-order valence-electron chi connectivity index (χ4n) is 5.30. The molecule has 3 heterocycles. The molecule has 2 saturated heterocycles. The van der Waals surface area contributed by atoms with Gasteiger partial charge in [-0.25, -0.2) is 0 Å². The topological polar surface area (TPSA) is 68.8 Å². The van der Waals surface area contributed by atoms with Crippen molar-refractivity contribution in [3.8, 4) is 0 Å². The van der Waals surface area contributed by atoms with Crippen molar-refractivity contribution in [1.29, 1.82) is 0 Å². The molecular weight excluding hydrogens is 378 g/mol. The van der Waals surface area contributed by atoms with Crippen LogP contribution in [0.25, 0.3) is 10.9 Å². The number of carbonyl (C=O) groups excluding carboxylic acids is 1. The van der Waals surface area contributed by atoms with Crippen LogP contribution in [0.1, 0.15) is 54.7 Å². The molecule has 0 unspecified atom stereocenters. The van der Waals surface area contributed by atoms with Crippen LogP contribution in [0, 0.1) is 6.92 Å². The van der Waals surface area contributed by atoms with Crippen molar-refractivity contribution < 1.29 is 14.6 Å². The number of fused-ring (bicyclic) bond motifs is 1. The van der Waals surface area contributed by atoms with Gasteiger partial charge in [0.25, 0.3) is 5.91 Å². The van der Waals surface area contributed by atoms with E-state index in [9.17, 15) is 9.90 Å². The van der Waals surface area contributed by atoms with Crippen LogP contribution in [-0.4, -0.2) is 76.8 Å². The van der Waals surface area contributed by atoms with Gasteiger partial charge in [-0.3, -0.25) is 4.79 Å². The van der Waals surface area contributed by atoms with E-state index in [1.165, 1.54) is 5.56 Å².